The molecule has 0 N–H and O–H groups in total. The van der Waals surface area contributed by atoms with Crippen LogP contribution in [-0.4, -0.2) is 37.5 Å². The van der Waals surface area contributed by atoms with Crippen LogP contribution in [0.1, 0.15) is 83.0 Å². The summed E-state index contributed by atoms with van der Waals surface area (Å²) in [5.41, 5.74) is 1.41. The summed E-state index contributed by atoms with van der Waals surface area (Å²) in [5, 5.41) is 1.08. The number of fused-ring (bicyclic) bond motifs is 1. The van der Waals surface area contributed by atoms with E-state index >= 15 is 0 Å². The van der Waals surface area contributed by atoms with Crippen molar-refractivity contribution in [3.63, 3.8) is 0 Å². The normalized spacial score (nSPS) is 13.2. The molecule has 0 saturated heterocycles. The van der Waals surface area contributed by atoms with E-state index in [1.54, 1.807) is 25.4 Å². The topological polar surface area (TPSA) is 70.4 Å². The summed E-state index contributed by atoms with van der Waals surface area (Å²) in [5.74, 6) is -0.499. The van der Waals surface area contributed by atoms with E-state index < -0.39 is 11.6 Å². The second-order valence-electron chi connectivity index (χ2n) is 11.2. The Kier molecular flexibility index (Phi) is 9.04. The van der Waals surface area contributed by atoms with Crippen LogP contribution in [0, 0.1) is 5.92 Å². The predicted octanol–water partition coefficient (Wildman–Crippen LogP) is 6.65. The lowest BCUT2D eigenvalue weighted by atomic mass is 9.88. The molecule has 0 bridgehead atoms. The molecule has 8 heteroatoms. The average Bonchev–Trinajstić information content (AvgIpc) is 2.79. The molecule has 0 amide bonds. The van der Waals surface area contributed by atoms with Crippen LogP contribution < -0.4 is 5.43 Å². The molecule has 1 atom stereocenters. The second-order valence-corrected chi connectivity index (χ2v) is 13.6. The Morgan fingerprint density at radius 1 is 1.16 bits per heavy atom. The summed E-state index contributed by atoms with van der Waals surface area (Å²) in [4.78, 5) is 31.1. The summed E-state index contributed by atoms with van der Waals surface area (Å²) in [6, 6.07) is 9.15. The van der Waals surface area contributed by atoms with E-state index in [9.17, 15) is 9.59 Å². The van der Waals surface area contributed by atoms with Crippen molar-refractivity contribution >= 4 is 38.2 Å². The molecule has 0 fully saturated rings. The first kappa shape index (κ1) is 29.1. The quantitative estimate of drug-likeness (QED) is 0.224. The summed E-state index contributed by atoms with van der Waals surface area (Å²) in [6.45, 7) is 16.7. The molecule has 2 radical (unpaired) electrons. The van der Waals surface area contributed by atoms with Crippen molar-refractivity contribution in [3.05, 3.63) is 74.8 Å². The molecule has 0 unspecified atom stereocenters. The molecule has 198 valence electrons. The first-order chi connectivity index (χ1) is 17.2. The van der Waals surface area contributed by atoms with E-state index in [1.807, 2.05) is 28.8 Å². The molecule has 2 aromatic heterocycles. The van der Waals surface area contributed by atoms with Crippen LogP contribution in [-0.2, 0) is 15.6 Å². The van der Waals surface area contributed by atoms with Crippen LogP contribution in [0.2, 0.25) is 10.1 Å². The minimum atomic E-state index is -0.630. The number of esters is 1. The fraction of sp³-hybridized carbons (Fsp3) is 0.483. The average molecular weight is 541 g/mol. The molecule has 6 nitrogen and oxygen atoms in total. The Balaban J connectivity index is 2.22. The third-order valence-electron chi connectivity index (χ3n) is 6.01. The Labute approximate surface area is 227 Å². The van der Waals surface area contributed by atoms with Crippen molar-refractivity contribution in [3.8, 4) is 0 Å². The Bertz CT molecular complexity index is 1330. The van der Waals surface area contributed by atoms with Gasteiger partial charge in [-0.05, 0) is 55.5 Å². The number of halogens is 1. The molecule has 0 spiro atoms. The van der Waals surface area contributed by atoms with Crippen LogP contribution in [0.15, 0.2) is 47.5 Å². The van der Waals surface area contributed by atoms with E-state index in [4.69, 9.17) is 25.7 Å². The fourth-order valence-corrected chi connectivity index (χ4v) is 5.54. The van der Waals surface area contributed by atoms with Gasteiger partial charge in [-0.1, -0.05) is 58.4 Å². The lowest BCUT2D eigenvalue weighted by molar-refractivity contribution is 0.0286. The molecular formula is C29H37ClN2O4Si. The molecular weight excluding hydrogens is 504 g/mol. The van der Waals surface area contributed by atoms with Crippen LogP contribution in [0.25, 0.3) is 10.9 Å². The van der Waals surface area contributed by atoms with Crippen molar-refractivity contribution < 1.29 is 14.0 Å². The number of carbonyl (C=O) groups is 1. The van der Waals surface area contributed by atoms with Crippen LogP contribution >= 0.6 is 11.6 Å². The van der Waals surface area contributed by atoms with Gasteiger partial charge in [0, 0.05) is 28.7 Å². The van der Waals surface area contributed by atoms with E-state index in [2.05, 4.69) is 48.5 Å². The number of hydrogen-bond donors (Lipinski definition) is 0. The van der Waals surface area contributed by atoms with Gasteiger partial charge < -0.3 is 13.7 Å². The Morgan fingerprint density at radius 3 is 2.46 bits per heavy atom. The van der Waals surface area contributed by atoms with Crippen molar-refractivity contribution in [2.24, 2.45) is 5.92 Å². The van der Waals surface area contributed by atoms with Crippen LogP contribution in [0.4, 0.5) is 0 Å². The molecule has 0 aliphatic heterocycles. The standard InChI is InChI=1S/C29H37ClN2O4Si/c1-9-35-27(34)23-17-32(26(18(2)3)29(7,8)36-37-28(4,5)6)24-16-31-21(15-22(24)25(23)33)14-19-11-10-12-20(30)13-19/h10-13,15-18,26H,9,14H2,1-8H3/t26-/m0/s1. The number of ether oxygens (including phenoxy) is 1. The molecule has 0 aliphatic rings. The highest BCUT2D eigenvalue weighted by Crippen LogP contribution is 2.37. The number of nitrogens with zero attached hydrogens (tertiary/aromatic N) is 2. The molecule has 0 saturated carbocycles. The van der Waals surface area contributed by atoms with Gasteiger partial charge in [-0.2, -0.15) is 0 Å². The largest absolute Gasteiger partial charge is 0.462 e. The van der Waals surface area contributed by atoms with Crippen molar-refractivity contribution in [1.82, 2.24) is 9.55 Å². The number of aromatic nitrogens is 2. The molecule has 1 aromatic carbocycles. The first-order valence-electron chi connectivity index (χ1n) is 12.6. The van der Waals surface area contributed by atoms with E-state index in [1.165, 1.54) is 0 Å². The SMILES string of the molecule is CCOC(=O)c1cn([C@@H](C(C)C)C(C)(C)O[Si]C(C)(C)C)c2cnc(Cc3cccc(Cl)c3)cc2c1=O. The minimum Gasteiger partial charge on any atom is -0.462 e. The zero-order chi connectivity index (χ0) is 27.5. The van der Waals surface area contributed by atoms with Gasteiger partial charge in [0.1, 0.15) is 5.56 Å². The molecule has 2 heterocycles. The number of rotatable bonds is 9. The maximum absolute atomic E-state index is 13.6. The van der Waals surface area contributed by atoms with Crippen molar-refractivity contribution in [2.45, 2.75) is 78.5 Å². The molecule has 0 aliphatic carbocycles. The third-order valence-corrected chi connectivity index (χ3v) is 7.48. The van der Waals surface area contributed by atoms with E-state index in [-0.39, 0.29) is 44.4 Å². The zero-order valence-corrected chi connectivity index (χ0v) is 24.8. The Hall–Kier alpha value is -2.48. The third kappa shape index (κ3) is 7.09. The van der Waals surface area contributed by atoms with Gasteiger partial charge in [0.2, 0.25) is 15.2 Å². The highest BCUT2D eigenvalue weighted by atomic mass is 35.5. The summed E-state index contributed by atoms with van der Waals surface area (Å²) < 4.78 is 13.7. The lowest BCUT2D eigenvalue weighted by Crippen LogP contribution is -2.42. The van der Waals surface area contributed by atoms with E-state index in [0.717, 1.165) is 5.56 Å². The van der Waals surface area contributed by atoms with Gasteiger partial charge >= 0.3 is 5.97 Å². The van der Waals surface area contributed by atoms with Crippen molar-refractivity contribution in [2.75, 3.05) is 6.61 Å². The minimum absolute atomic E-state index is 0.00831. The van der Waals surface area contributed by atoms with Gasteiger partial charge in [-0.3, -0.25) is 9.78 Å². The smallest absolute Gasteiger partial charge is 0.343 e. The van der Waals surface area contributed by atoms with Crippen molar-refractivity contribution in [1.29, 1.82) is 0 Å². The number of pyridine rings is 2. The predicted molar refractivity (Wildman–Crippen MR) is 151 cm³/mol. The van der Waals surface area contributed by atoms with Gasteiger partial charge in [0.15, 0.2) is 0 Å². The summed E-state index contributed by atoms with van der Waals surface area (Å²) in [6.07, 6.45) is 3.86. The zero-order valence-electron chi connectivity index (χ0n) is 23.0. The Morgan fingerprint density at radius 2 is 1.86 bits per heavy atom. The fourth-order valence-electron chi connectivity index (χ4n) is 4.63. The van der Waals surface area contributed by atoms with Gasteiger partial charge in [-0.25, -0.2) is 4.79 Å². The van der Waals surface area contributed by atoms with Gasteiger partial charge in [0.25, 0.3) is 0 Å². The first-order valence-corrected chi connectivity index (χ1v) is 13.9. The summed E-state index contributed by atoms with van der Waals surface area (Å²) >= 11 is 6.16. The van der Waals surface area contributed by atoms with Gasteiger partial charge in [-0.15, -0.1) is 0 Å². The maximum Gasteiger partial charge on any atom is 0.343 e. The number of carbonyl (C=O) groups excluding carboxylic acids is 1. The summed E-state index contributed by atoms with van der Waals surface area (Å²) in [7, 11) is 0.278. The highest BCUT2D eigenvalue weighted by molar-refractivity contribution is 6.31. The monoisotopic (exact) mass is 540 g/mol. The number of hydrogen-bond acceptors (Lipinski definition) is 5. The molecule has 3 rings (SSSR count). The second kappa shape index (κ2) is 11.5. The van der Waals surface area contributed by atoms with Crippen LogP contribution in [0.5, 0.6) is 0 Å². The van der Waals surface area contributed by atoms with Crippen LogP contribution in [0.3, 0.4) is 0 Å². The maximum atomic E-state index is 13.6. The number of benzene rings is 1. The lowest BCUT2D eigenvalue weighted by Gasteiger charge is -2.41. The highest BCUT2D eigenvalue weighted by Gasteiger charge is 2.37. The van der Waals surface area contributed by atoms with E-state index in [0.29, 0.717) is 28.0 Å². The molecule has 37 heavy (non-hydrogen) atoms. The molecule has 3 aromatic rings. The van der Waals surface area contributed by atoms with Gasteiger partial charge in [0.05, 0.1) is 30.0 Å².